The van der Waals surface area contributed by atoms with Crippen LogP contribution in [0.15, 0.2) is 30.5 Å². The molecule has 0 aliphatic rings. The molecule has 2 aromatic rings. The average Bonchev–Trinajstić information content (AvgIpc) is 2.46. The lowest BCUT2D eigenvalue weighted by molar-refractivity contribution is 0.491. The summed E-state index contributed by atoms with van der Waals surface area (Å²) in [4.78, 5) is 9.17. The standard InChI is InChI=1S/C16H19N3/c1-3-5-6-9-14(17-4-2)16-12-18-13-10-7-8-11-15(13)19-16/h1,7-8,10-12,14,17H,4-6,9H2,2H3. The Hall–Kier alpha value is -1.92. The van der Waals surface area contributed by atoms with Crippen molar-refractivity contribution in [2.24, 2.45) is 0 Å². The van der Waals surface area contributed by atoms with Gasteiger partial charge in [-0.25, -0.2) is 4.98 Å². The van der Waals surface area contributed by atoms with Crippen molar-refractivity contribution in [1.82, 2.24) is 15.3 Å². The van der Waals surface area contributed by atoms with Crippen LogP contribution in [-0.2, 0) is 0 Å². The molecule has 2 rings (SSSR count). The number of benzene rings is 1. The van der Waals surface area contributed by atoms with Crippen LogP contribution in [0.25, 0.3) is 11.0 Å². The molecule has 1 aromatic carbocycles. The van der Waals surface area contributed by atoms with E-state index in [1.807, 2.05) is 30.5 Å². The predicted molar refractivity (Wildman–Crippen MR) is 78.6 cm³/mol. The molecule has 1 N–H and O–H groups in total. The van der Waals surface area contributed by atoms with Crippen LogP contribution in [0.2, 0.25) is 0 Å². The molecule has 1 unspecified atom stereocenters. The zero-order valence-corrected chi connectivity index (χ0v) is 11.3. The van der Waals surface area contributed by atoms with Crippen LogP contribution < -0.4 is 5.32 Å². The Bertz CT molecular complexity index is 571. The van der Waals surface area contributed by atoms with Gasteiger partial charge in [-0.05, 0) is 31.5 Å². The summed E-state index contributed by atoms with van der Waals surface area (Å²) in [6, 6.07) is 8.17. The van der Waals surface area contributed by atoms with Crippen molar-refractivity contribution in [3.05, 3.63) is 36.2 Å². The third kappa shape index (κ3) is 3.52. The molecule has 1 heterocycles. The van der Waals surface area contributed by atoms with Crippen molar-refractivity contribution in [3.63, 3.8) is 0 Å². The molecule has 0 fully saturated rings. The molecule has 0 aliphatic carbocycles. The minimum absolute atomic E-state index is 0.232. The fourth-order valence-corrected chi connectivity index (χ4v) is 2.15. The number of nitrogens with zero attached hydrogens (tertiary/aromatic N) is 2. The summed E-state index contributed by atoms with van der Waals surface area (Å²) in [6.07, 6.45) is 9.97. The van der Waals surface area contributed by atoms with E-state index in [1.54, 1.807) is 0 Å². The normalized spacial score (nSPS) is 12.2. The molecule has 3 heteroatoms. The molecule has 0 aliphatic heterocycles. The van der Waals surface area contributed by atoms with E-state index >= 15 is 0 Å². The number of rotatable bonds is 6. The van der Waals surface area contributed by atoms with Crippen LogP contribution in [0.3, 0.4) is 0 Å². The van der Waals surface area contributed by atoms with Crippen molar-refractivity contribution < 1.29 is 0 Å². The molecular weight excluding hydrogens is 234 g/mol. The topological polar surface area (TPSA) is 37.8 Å². The van der Waals surface area contributed by atoms with Crippen molar-refractivity contribution in [1.29, 1.82) is 0 Å². The van der Waals surface area contributed by atoms with E-state index in [-0.39, 0.29) is 6.04 Å². The first-order valence-corrected chi connectivity index (χ1v) is 6.73. The Labute approximate surface area is 114 Å². The van der Waals surface area contributed by atoms with Gasteiger partial charge < -0.3 is 5.32 Å². The molecule has 1 aromatic heterocycles. The number of unbranched alkanes of at least 4 members (excludes halogenated alkanes) is 1. The minimum atomic E-state index is 0.232. The van der Waals surface area contributed by atoms with Gasteiger partial charge >= 0.3 is 0 Å². The van der Waals surface area contributed by atoms with Crippen LogP contribution in [0.5, 0.6) is 0 Å². The molecule has 0 spiro atoms. The Morgan fingerprint density at radius 3 is 2.84 bits per heavy atom. The van der Waals surface area contributed by atoms with E-state index in [2.05, 4.69) is 23.1 Å². The lowest BCUT2D eigenvalue weighted by atomic mass is 10.1. The zero-order chi connectivity index (χ0) is 13.5. The highest BCUT2D eigenvalue weighted by Gasteiger charge is 2.12. The van der Waals surface area contributed by atoms with Crippen LogP contribution in [0.4, 0.5) is 0 Å². The second-order valence-corrected chi connectivity index (χ2v) is 4.49. The van der Waals surface area contributed by atoms with Crippen LogP contribution in [-0.4, -0.2) is 16.5 Å². The summed E-state index contributed by atoms with van der Waals surface area (Å²) in [5.41, 5.74) is 2.88. The van der Waals surface area contributed by atoms with Gasteiger partial charge in [0.1, 0.15) is 0 Å². The lowest BCUT2D eigenvalue weighted by Crippen LogP contribution is -2.22. The van der Waals surface area contributed by atoms with Gasteiger partial charge in [0, 0.05) is 6.42 Å². The molecular formula is C16H19N3. The largest absolute Gasteiger partial charge is 0.309 e. The molecule has 0 amide bonds. The maximum Gasteiger partial charge on any atom is 0.0890 e. The third-order valence-electron chi connectivity index (χ3n) is 3.09. The fraction of sp³-hybridized carbons (Fsp3) is 0.375. The highest BCUT2D eigenvalue weighted by molar-refractivity contribution is 5.73. The van der Waals surface area contributed by atoms with E-state index in [1.165, 1.54) is 0 Å². The third-order valence-corrected chi connectivity index (χ3v) is 3.09. The lowest BCUT2D eigenvalue weighted by Gasteiger charge is -2.16. The molecule has 0 saturated heterocycles. The van der Waals surface area contributed by atoms with E-state index in [9.17, 15) is 0 Å². The first-order chi connectivity index (χ1) is 9.35. The molecule has 0 bridgehead atoms. The summed E-state index contributed by atoms with van der Waals surface area (Å²) < 4.78 is 0. The second-order valence-electron chi connectivity index (χ2n) is 4.49. The van der Waals surface area contributed by atoms with Gasteiger partial charge in [0.05, 0.1) is 29.0 Å². The number of terminal acetylenes is 1. The first-order valence-electron chi connectivity index (χ1n) is 6.73. The van der Waals surface area contributed by atoms with Crippen molar-refractivity contribution in [3.8, 4) is 12.3 Å². The number of nitrogens with one attached hydrogen (secondary N) is 1. The van der Waals surface area contributed by atoms with Crippen molar-refractivity contribution >= 4 is 11.0 Å². The van der Waals surface area contributed by atoms with Gasteiger partial charge in [-0.2, -0.15) is 0 Å². The number of para-hydroxylation sites is 2. The molecule has 98 valence electrons. The molecule has 0 radical (unpaired) electrons. The van der Waals surface area contributed by atoms with Crippen LogP contribution in [0, 0.1) is 12.3 Å². The minimum Gasteiger partial charge on any atom is -0.309 e. The Morgan fingerprint density at radius 2 is 2.11 bits per heavy atom. The number of hydrogen-bond donors (Lipinski definition) is 1. The highest BCUT2D eigenvalue weighted by Crippen LogP contribution is 2.19. The maximum absolute atomic E-state index is 5.30. The monoisotopic (exact) mass is 253 g/mol. The number of aromatic nitrogens is 2. The summed E-state index contributed by atoms with van der Waals surface area (Å²) in [5.74, 6) is 2.68. The molecule has 3 nitrogen and oxygen atoms in total. The maximum atomic E-state index is 5.30. The molecule has 1 atom stereocenters. The van der Waals surface area contributed by atoms with Gasteiger partial charge in [-0.1, -0.05) is 19.1 Å². The quantitative estimate of drug-likeness (QED) is 0.635. The zero-order valence-electron chi connectivity index (χ0n) is 11.3. The van der Waals surface area contributed by atoms with E-state index in [0.29, 0.717) is 0 Å². The SMILES string of the molecule is C#CCCCC(NCC)c1cnc2ccccc2n1. The number of hydrogen-bond acceptors (Lipinski definition) is 3. The summed E-state index contributed by atoms with van der Waals surface area (Å²) in [6.45, 7) is 3.01. The van der Waals surface area contributed by atoms with Crippen molar-refractivity contribution in [2.75, 3.05) is 6.54 Å². The van der Waals surface area contributed by atoms with Crippen molar-refractivity contribution in [2.45, 2.75) is 32.2 Å². The Balaban J connectivity index is 2.20. The summed E-state index contributed by atoms with van der Waals surface area (Å²) in [7, 11) is 0. The molecule has 0 saturated carbocycles. The summed E-state index contributed by atoms with van der Waals surface area (Å²) in [5, 5.41) is 3.45. The van der Waals surface area contributed by atoms with E-state index in [4.69, 9.17) is 11.4 Å². The van der Waals surface area contributed by atoms with Gasteiger partial charge in [-0.15, -0.1) is 12.3 Å². The van der Waals surface area contributed by atoms with Crippen LogP contribution in [0.1, 0.15) is 37.9 Å². The van der Waals surface area contributed by atoms with Gasteiger partial charge in [-0.3, -0.25) is 4.98 Å². The fourth-order valence-electron chi connectivity index (χ4n) is 2.15. The van der Waals surface area contributed by atoms with E-state index < -0.39 is 0 Å². The smallest absolute Gasteiger partial charge is 0.0890 e. The Kier molecular flexibility index (Phi) is 4.88. The Morgan fingerprint density at radius 1 is 1.32 bits per heavy atom. The summed E-state index contributed by atoms with van der Waals surface area (Å²) >= 11 is 0. The number of fused-ring (bicyclic) bond motifs is 1. The van der Waals surface area contributed by atoms with E-state index in [0.717, 1.165) is 42.5 Å². The average molecular weight is 253 g/mol. The second kappa shape index (κ2) is 6.86. The predicted octanol–water partition coefficient (Wildman–Crippen LogP) is 3.08. The van der Waals surface area contributed by atoms with Crippen LogP contribution >= 0.6 is 0 Å². The highest BCUT2D eigenvalue weighted by atomic mass is 14.9. The van der Waals surface area contributed by atoms with Gasteiger partial charge in [0.2, 0.25) is 0 Å². The van der Waals surface area contributed by atoms with Gasteiger partial charge in [0.15, 0.2) is 0 Å². The van der Waals surface area contributed by atoms with Gasteiger partial charge in [0.25, 0.3) is 0 Å². The molecule has 19 heavy (non-hydrogen) atoms. The first kappa shape index (κ1) is 13.5.